The molecule has 0 atom stereocenters. The third-order valence-electron chi connectivity index (χ3n) is 2.83. The van der Waals surface area contributed by atoms with Crippen LogP contribution in [0.2, 0.25) is 5.15 Å². The van der Waals surface area contributed by atoms with Crippen LogP contribution in [0.3, 0.4) is 0 Å². The SMILES string of the molecule is CC(=O)Nc1nc(COC(=O)C=Cc2c(Cl)nc3sccn23)cs1. The first-order valence-electron chi connectivity index (χ1n) is 6.71. The first-order valence-corrected chi connectivity index (χ1v) is 8.84. The van der Waals surface area contributed by atoms with Gasteiger partial charge in [0.25, 0.3) is 0 Å². The highest BCUT2D eigenvalue weighted by molar-refractivity contribution is 7.15. The Hall–Kier alpha value is -2.23. The smallest absolute Gasteiger partial charge is 0.331 e. The zero-order chi connectivity index (χ0) is 17.1. The molecule has 1 N–H and O–H groups in total. The van der Waals surface area contributed by atoms with Gasteiger partial charge in [-0.1, -0.05) is 11.6 Å². The largest absolute Gasteiger partial charge is 0.456 e. The van der Waals surface area contributed by atoms with Gasteiger partial charge >= 0.3 is 5.97 Å². The number of imidazole rings is 1. The van der Waals surface area contributed by atoms with Gasteiger partial charge in [-0.3, -0.25) is 9.20 Å². The van der Waals surface area contributed by atoms with E-state index < -0.39 is 5.97 Å². The Kier molecular flexibility index (Phi) is 4.93. The van der Waals surface area contributed by atoms with E-state index in [-0.39, 0.29) is 12.5 Å². The number of carbonyl (C=O) groups excluding carboxylic acids is 2. The number of hydrogen-bond donors (Lipinski definition) is 1. The number of nitrogens with zero attached hydrogens (tertiary/aromatic N) is 3. The maximum atomic E-state index is 11.8. The average molecular weight is 383 g/mol. The molecule has 7 nitrogen and oxygen atoms in total. The number of anilines is 1. The molecule has 1 amide bonds. The van der Waals surface area contributed by atoms with Crippen LogP contribution in [-0.4, -0.2) is 26.2 Å². The lowest BCUT2D eigenvalue weighted by molar-refractivity contribution is -0.139. The maximum Gasteiger partial charge on any atom is 0.331 e. The first-order chi connectivity index (χ1) is 11.5. The first kappa shape index (κ1) is 16.6. The van der Waals surface area contributed by atoms with Gasteiger partial charge in [-0.15, -0.1) is 22.7 Å². The van der Waals surface area contributed by atoms with E-state index in [1.54, 1.807) is 15.9 Å². The number of carbonyl (C=O) groups is 2. The maximum absolute atomic E-state index is 11.8. The Balaban J connectivity index is 1.59. The number of hydrogen-bond acceptors (Lipinski definition) is 7. The van der Waals surface area contributed by atoms with Crippen molar-refractivity contribution in [3.63, 3.8) is 0 Å². The Morgan fingerprint density at radius 2 is 2.25 bits per heavy atom. The minimum absolute atomic E-state index is 0.0211. The molecular formula is C14H11ClN4O3S2. The van der Waals surface area contributed by atoms with Crippen molar-refractivity contribution in [2.75, 3.05) is 5.32 Å². The molecule has 0 saturated heterocycles. The third kappa shape index (κ3) is 3.81. The predicted octanol–water partition coefficient (Wildman–Crippen LogP) is 3.22. The minimum atomic E-state index is -0.523. The normalized spacial score (nSPS) is 11.2. The van der Waals surface area contributed by atoms with Crippen LogP contribution >= 0.6 is 34.3 Å². The van der Waals surface area contributed by atoms with Crippen LogP contribution in [0.4, 0.5) is 5.13 Å². The van der Waals surface area contributed by atoms with E-state index in [1.807, 2.05) is 11.6 Å². The fourth-order valence-corrected chi connectivity index (χ4v) is 3.59. The van der Waals surface area contributed by atoms with E-state index in [4.69, 9.17) is 16.3 Å². The summed E-state index contributed by atoms with van der Waals surface area (Å²) >= 11 is 8.75. The number of halogens is 1. The molecule has 0 aliphatic heterocycles. The van der Waals surface area contributed by atoms with Crippen LogP contribution in [0.25, 0.3) is 11.0 Å². The summed E-state index contributed by atoms with van der Waals surface area (Å²) in [5.41, 5.74) is 1.18. The summed E-state index contributed by atoms with van der Waals surface area (Å²) in [5.74, 6) is -0.724. The van der Waals surface area contributed by atoms with Gasteiger partial charge in [0.2, 0.25) is 5.91 Å². The standard InChI is InChI=1S/C14H11ClN4O3S2/c1-8(20)16-13-17-9(7-24-13)6-22-11(21)3-2-10-12(15)18-14-19(10)4-5-23-14/h2-5,7H,6H2,1H3,(H,16,17,20). The van der Waals surface area contributed by atoms with Crippen LogP contribution in [0.1, 0.15) is 18.3 Å². The Morgan fingerprint density at radius 3 is 3.04 bits per heavy atom. The quantitative estimate of drug-likeness (QED) is 0.541. The fourth-order valence-electron chi connectivity index (χ4n) is 1.85. The zero-order valence-electron chi connectivity index (χ0n) is 12.4. The number of fused-ring (bicyclic) bond motifs is 1. The van der Waals surface area contributed by atoms with Gasteiger partial charge in [-0.2, -0.15) is 0 Å². The van der Waals surface area contributed by atoms with Gasteiger partial charge in [-0.25, -0.2) is 14.8 Å². The van der Waals surface area contributed by atoms with Crippen LogP contribution in [0, 0.1) is 0 Å². The summed E-state index contributed by atoms with van der Waals surface area (Å²) in [5, 5.41) is 6.95. The van der Waals surface area contributed by atoms with Crippen molar-refractivity contribution in [1.82, 2.24) is 14.4 Å². The topological polar surface area (TPSA) is 85.6 Å². The molecule has 24 heavy (non-hydrogen) atoms. The van der Waals surface area contributed by atoms with Gasteiger partial charge < -0.3 is 10.1 Å². The van der Waals surface area contributed by atoms with Crippen LogP contribution in [0.15, 0.2) is 23.0 Å². The third-order valence-corrected chi connectivity index (χ3v) is 4.67. The highest BCUT2D eigenvalue weighted by Gasteiger charge is 2.09. The monoisotopic (exact) mass is 382 g/mol. The average Bonchev–Trinajstić information content (AvgIpc) is 3.20. The van der Waals surface area contributed by atoms with E-state index in [0.717, 1.165) is 4.96 Å². The number of aromatic nitrogens is 3. The van der Waals surface area contributed by atoms with Gasteiger partial charge in [0, 0.05) is 30.0 Å². The number of ether oxygens (including phenoxy) is 1. The molecule has 3 rings (SSSR count). The summed E-state index contributed by atoms with van der Waals surface area (Å²) in [4.78, 5) is 31.8. The molecule has 0 saturated carbocycles. The lowest BCUT2D eigenvalue weighted by Crippen LogP contribution is -2.06. The highest BCUT2D eigenvalue weighted by atomic mass is 35.5. The van der Waals surface area contributed by atoms with Crippen molar-refractivity contribution in [2.45, 2.75) is 13.5 Å². The van der Waals surface area contributed by atoms with Crippen molar-refractivity contribution in [2.24, 2.45) is 0 Å². The van der Waals surface area contributed by atoms with Crippen molar-refractivity contribution >= 4 is 62.3 Å². The second-order valence-corrected chi connectivity index (χ2v) is 6.70. The van der Waals surface area contributed by atoms with E-state index in [9.17, 15) is 9.59 Å². The predicted molar refractivity (Wildman–Crippen MR) is 93.3 cm³/mol. The Morgan fingerprint density at radius 1 is 1.42 bits per heavy atom. The molecular weight excluding hydrogens is 372 g/mol. The minimum Gasteiger partial charge on any atom is -0.456 e. The summed E-state index contributed by atoms with van der Waals surface area (Å²) < 4.78 is 6.90. The fraction of sp³-hybridized carbons (Fsp3) is 0.143. The zero-order valence-corrected chi connectivity index (χ0v) is 14.7. The van der Waals surface area contributed by atoms with E-state index in [2.05, 4.69) is 15.3 Å². The number of rotatable bonds is 5. The molecule has 0 aliphatic carbocycles. The van der Waals surface area contributed by atoms with E-state index >= 15 is 0 Å². The molecule has 0 radical (unpaired) electrons. The highest BCUT2D eigenvalue weighted by Crippen LogP contribution is 2.22. The lowest BCUT2D eigenvalue weighted by Gasteiger charge is -1.98. The number of amides is 1. The van der Waals surface area contributed by atoms with Crippen LogP contribution < -0.4 is 5.32 Å². The van der Waals surface area contributed by atoms with Crippen LogP contribution in [-0.2, 0) is 20.9 Å². The lowest BCUT2D eigenvalue weighted by atomic mass is 10.4. The Labute approximate surface area is 149 Å². The van der Waals surface area contributed by atoms with Crippen molar-refractivity contribution in [3.8, 4) is 0 Å². The molecule has 3 aromatic heterocycles. The molecule has 0 unspecified atom stereocenters. The molecule has 0 aromatic carbocycles. The summed E-state index contributed by atoms with van der Waals surface area (Å²) in [6.07, 6.45) is 4.66. The van der Waals surface area contributed by atoms with Gasteiger partial charge in [0.1, 0.15) is 6.61 Å². The second-order valence-electron chi connectivity index (χ2n) is 4.61. The molecule has 124 valence electrons. The molecule has 0 spiro atoms. The van der Waals surface area contributed by atoms with E-state index in [1.165, 1.54) is 35.7 Å². The molecule has 3 aromatic rings. The number of esters is 1. The molecule has 3 heterocycles. The Bertz CT molecular complexity index is 928. The summed E-state index contributed by atoms with van der Waals surface area (Å²) in [7, 11) is 0. The van der Waals surface area contributed by atoms with Crippen molar-refractivity contribution < 1.29 is 14.3 Å². The van der Waals surface area contributed by atoms with Gasteiger partial charge in [0.05, 0.1) is 11.4 Å². The number of thiazole rings is 2. The second kappa shape index (κ2) is 7.12. The number of nitrogens with one attached hydrogen (secondary N) is 1. The molecule has 0 aliphatic rings. The van der Waals surface area contributed by atoms with Crippen molar-refractivity contribution in [3.05, 3.63) is 39.6 Å². The summed E-state index contributed by atoms with van der Waals surface area (Å²) in [6.45, 7) is 1.42. The molecule has 0 bridgehead atoms. The van der Waals surface area contributed by atoms with Gasteiger partial charge in [-0.05, 0) is 6.08 Å². The summed E-state index contributed by atoms with van der Waals surface area (Å²) in [6, 6.07) is 0. The van der Waals surface area contributed by atoms with Crippen molar-refractivity contribution in [1.29, 1.82) is 0 Å². The van der Waals surface area contributed by atoms with E-state index in [0.29, 0.717) is 21.7 Å². The molecule has 10 heteroatoms. The van der Waals surface area contributed by atoms with Gasteiger partial charge in [0.15, 0.2) is 15.2 Å². The molecule has 0 fully saturated rings. The van der Waals surface area contributed by atoms with Crippen LogP contribution in [0.5, 0.6) is 0 Å².